The van der Waals surface area contributed by atoms with Crippen LogP contribution in [-0.2, 0) is 4.74 Å². The van der Waals surface area contributed by atoms with Crippen molar-refractivity contribution in [2.45, 2.75) is 6.92 Å². The topological polar surface area (TPSA) is 46.5 Å². The molecule has 0 amide bonds. The number of fused-ring (bicyclic) bond motifs is 1. The second-order valence-corrected chi connectivity index (χ2v) is 3.77. The summed E-state index contributed by atoms with van der Waals surface area (Å²) in [5.74, 6) is -1.32. The van der Waals surface area contributed by atoms with Gasteiger partial charge in [0, 0.05) is 5.39 Å². The zero-order valence-electron chi connectivity index (χ0n) is 9.45. The minimum Gasteiger partial charge on any atom is -0.507 e. The first-order chi connectivity index (χ1) is 8.04. The number of carbonyl (C=O) groups is 1. The second kappa shape index (κ2) is 4.05. The minimum atomic E-state index is -0.679. The maximum Gasteiger partial charge on any atom is 0.342 e. The molecule has 0 radical (unpaired) electrons. The van der Waals surface area contributed by atoms with Crippen LogP contribution >= 0.6 is 0 Å². The largest absolute Gasteiger partial charge is 0.507 e. The van der Waals surface area contributed by atoms with E-state index in [1.165, 1.54) is 19.2 Å². The standard InChI is InChI=1S/C13H11FO3/c1-7-5-8-3-4-9(14)6-10(8)11(12(7)15)13(16)17-2/h3-6,15H,1-2H3. The number of phenolic OH excluding ortho intramolecular Hbond substituents is 1. The summed E-state index contributed by atoms with van der Waals surface area (Å²) in [4.78, 5) is 11.6. The van der Waals surface area contributed by atoms with Crippen molar-refractivity contribution in [3.8, 4) is 5.75 Å². The lowest BCUT2D eigenvalue weighted by Crippen LogP contribution is -2.03. The highest BCUT2D eigenvalue weighted by Crippen LogP contribution is 2.31. The van der Waals surface area contributed by atoms with Crippen LogP contribution in [0, 0.1) is 12.7 Å². The normalized spacial score (nSPS) is 10.5. The van der Waals surface area contributed by atoms with E-state index in [-0.39, 0.29) is 11.3 Å². The first-order valence-electron chi connectivity index (χ1n) is 5.04. The summed E-state index contributed by atoms with van der Waals surface area (Å²) in [6.07, 6.45) is 0. The second-order valence-electron chi connectivity index (χ2n) is 3.77. The SMILES string of the molecule is COC(=O)c1c(O)c(C)cc2ccc(F)cc12. The van der Waals surface area contributed by atoms with Gasteiger partial charge in [-0.2, -0.15) is 0 Å². The van der Waals surface area contributed by atoms with Gasteiger partial charge in [0.2, 0.25) is 0 Å². The molecule has 0 bridgehead atoms. The molecule has 0 atom stereocenters. The Morgan fingerprint density at radius 1 is 1.35 bits per heavy atom. The van der Waals surface area contributed by atoms with Crippen LogP contribution in [0.2, 0.25) is 0 Å². The molecule has 0 aliphatic heterocycles. The van der Waals surface area contributed by atoms with E-state index in [0.717, 1.165) is 0 Å². The third-order valence-electron chi connectivity index (χ3n) is 2.66. The zero-order chi connectivity index (χ0) is 12.6. The Hall–Kier alpha value is -2.10. The lowest BCUT2D eigenvalue weighted by atomic mass is 10.00. The molecule has 0 aliphatic rings. The van der Waals surface area contributed by atoms with Crippen LogP contribution in [0.25, 0.3) is 10.8 Å². The highest BCUT2D eigenvalue weighted by atomic mass is 19.1. The molecule has 0 aliphatic carbocycles. The third kappa shape index (κ3) is 1.82. The number of rotatable bonds is 1. The van der Waals surface area contributed by atoms with Gasteiger partial charge in [0.25, 0.3) is 0 Å². The first-order valence-corrected chi connectivity index (χ1v) is 5.04. The predicted molar refractivity (Wildman–Crippen MR) is 61.6 cm³/mol. The Kier molecular flexibility index (Phi) is 2.71. The molecule has 2 aromatic rings. The zero-order valence-corrected chi connectivity index (χ0v) is 9.45. The molecule has 0 spiro atoms. The Bertz CT molecular complexity index is 605. The highest BCUT2D eigenvalue weighted by Gasteiger charge is 2.18. The summed E-state index contributed by atoms with van der Waals surface area (Å²) >= 11 is 0. The van der Waals surface area contributed by atoms with Crippen LogP contribution in [0.5, 0.6) is 5.75 Å². The van der Waals surface area contributed by atoms with Crippen molar-refractivity contribution in [1.29, 1.82) is 0 Å². The van der Waals surface area contributed by atoms with Crippen molar-refractivity contribution in [1.82, 2.24) is 0 Å². The van der Waals surface area contributed by atoms with Gasteiger partial charge in [-0.05, 0) is 36.1 Å². The molecule has 0 unspecified atom stereocenters. The molecule has 17 heavy (non-hydrogen) atoms. The number of esters is 1. The van der Waals surface area contributed by atoms with E-state index >= 15 is 0 Å². The first kappa shape index (κ1) is 11.4. The average molecular weight is 234 g/mol. The quantitative estimate of drug-likeness (QED) is 0.772. The van der Waals surface area contributed by atoms with E-state index in [0.29, 0.717) is 16.3 Å². The molecule has 88 valence electrons. The van der Waals surface area contributed by atoms with Gasteiger partial charge in [0.15, 0.2) is 0 Å². The third-order valence-corrected chi connectivity index (χ3v) is 2.66. The van der Waals surface area contributed by atoms with Crippen molar-refractivity contribution in [3.63, 3.8) is 0 Å². The Morgan fingerprint density at radius 3 is 2.71 bits per heavy atom. The number of hydrogen-bond acceptors (Lipinski definition) is 3. The summed E-state index contributed by atoms with van der Waals surface area (Å²) in [6, 6.07) is 5.76. The van der Waals surface area contributed by atoms with E-state index in [9.17, 15) is 14.3 Å². The van der Waals surface area contributed by atoms with Gasteiger partial charge < -0.3 is 9.84 Å². The lowest BCUT2D eigenvalue weighted by Gasteiger charge is -2.10. The van der Waals surface area contributed by atoms with Crippen molar-refractivity contribution in [2.75, 3.05) is 7.11 Å². The summed E-state index contributed by atoms with van der Waals surface area (Å²) in [6.45, 7) is 1.67. The van der Waals surface area contributed by atoms with Crippen LogP contribution in [-0.4, -0.2) is 18.2 Å². The van der Waals surface area contributed by atoms with Crippen LogP contribution in [0.4, 0.5) is 4.39 Å². The van der Waals surface area contributed by atoms with Gasteiger partial charge in [0.05, 0.1) is 7.11 Å². The van der Waals surface area contributed by atoms with Crippen molar-refractivity contribution in [2.24, 2.45) is 0 Å². The van der Waals surface area contributed by atoms with E-state index in [4.69, 9.17) is 0 Å². The summed E-state index contributed by atoms with van der Waals surface area (Å²) in [7, 11) is 1.22. The fraction of sp³-hybridized carbons (Fsp3) is 0.154. The fourth-order valence-electron chi connectivity index (χ4n) is 1.81. The van der Waals surface area contributed by atoms with Crippen molar-refractivity contribution in [3.05, 3.63) is 41.2 Å². The maximum absolute atomic E-state index is 13.2. The number of hydrogen-bond donors (Lipinski definition) is 1. The molecule has 0 saturated carbocycles. The molecule has 0 saturated heterocycles. The highest BCUT2D eigenvalue weighted by molar-refractivity contribution is 6.07. The number of aromatic hydroxyl groups is 1. The number of phenols is 1. The number of methoxy groups -OCH3 is 1. The lowest BCUT2D eigenvalue weighted by molar-refractivity contribution is 0.0599. The summed E-state index contributed by atoms with van der Waals surface area (Å²) in [5.41, 5.74) is 0.548. The molecule has 2 aromatic carbocycles. The van der Waals surface area contributed by atoms with E-state index in [1.807, 2.05) is 0 Å². The van der Waals surface area contributed by atoms with Gasteiger partial charge in [0.1, 0.15) is 17.1 Å². The smallest absolute Gasteiger partial charge is 0.342 e. The predicted octanol–water partition coefficient (Wildman–Crippen LogP) is 2.78. The van der Waals surface area contributed by atoms with Gasteiger partial charge >= 0.3 is 5.97 Å². The van der Waals surface area contributed by atoms with Gasteiger partial charge in [-0.25, -0.2) is 9.18 Å². The molecule has 0 fully saturated rings. The molecule has 3 nitrogen and oxygen atoms in total. The maximum atomic E-state index is 13.2. The molecule has 1 N–H and O–H groups in total. The van der Waals surface area contributed by atoms with Crippen LogP contribution in [0.15, 0.2) is 24.3 Å². The Labute approximate surface area is 97.4 Å². The van der Waals surface area contributed by atoms with Crippen LogP contribution in [0.1, 0.15) is 15.9 Å². The van der Waals surface area contributed by atoms with Gasteiger partial charge in [-0.1, -0.05) is 6.07 Å². The number of halogens is 1. The molecule has 0 heterocycles. The number of benzene rings is 2. The number of aryl methyl sites for hydroxylation is 1. The number of ether oxygens (including phenoxy) is 1. The minimum absolute atomic E-state index is 0.00185. The van der Waals surface area contributed by atoms with E-state index in [2.05, 4.69) is 4.74 Å². The van der Waals surface area contributed by atoms with E-state index < -0.39 is 11.8 Å². The van der Waals surface area contributed by atoms with E-state index in [1.54, 1.807) is 19.1 Å². The van der Waals surface area contributed by atoms with Gasteiger partial charge in [-0.15, -0.1) is 0 Å². The average Bonchev–Trinajstić information content (AvgIpc) is 2.31. The molecular weight excluding hydrogens is 223 g/mol. The Morgan fingerprint density at radius 2 is 2.06 bits per heavy atom. The fourth-order valence-corrected chi connectivity index (χ4v) is 1.81. The monoisotopic (exact) mass is 234 g/mol. The van der Waals surface area contributed by atoms with Crippen LogP contribution < -0.4 is 0 Å². The molecule has 2 rings (SSSR count). The summed E-state index contributed by atoms with van der Waals surface area (Å²) in [5, 5.41) is 10.9. The van der Waals surface area contributed by atoms with Crippen molar-refractivity contribution < 1.29 is 19.0 Å². The number of carbonyl (C=O) groups excluding carboxylic acids is 1. The molecule has 0 aromatic heterocycles. The van der Waals surface area contributed by atoms with Crippen LogP contribution in [0.3, 0.4) is 0 Å². The van der Waals surface area contributed by atoms with Crippen molar-refractivity contribution >= 4 is 16.7 Å². The summed E-state index contributed by atoms with van der Waals surface area (Å²) < 4.78 is 17.8. The molecule has 4 heteroatoms. The molecular formula is C13H11FO3. The Balaban J connectivity index is 2.89. The van der Waals surface area contributed by atoms with Gasteiger partial charge in [-0.3, -0.25) is 0 Å².